The Kier molecular flexibility index (Phi) is 17.1. The van der Waals surface area contributed by atoms with Gasteiger partial charge in [-0.25, -0.2) is 28.6 Å². The first-order chi connectivity index (χ1) is 25.9. The number of phosphoric ester groups is 3. The van der Waals surface area contributed by atoms with Gasteiger partial charge < -0.3 is 50.9 Å². The summed E-state index contributed by atoms with van der Waals surface area (Å²) in [6, 6.07) is 0. The smallest absolute Gasteiger partial charge is 0.385 e. The fraction of sp³-hybridized carbons (Fsp3) is 0.714. The van der Waals surface area contributed by atoms with E-state index in [0.717, 1.165) is 48.2 Å². The molecule has 0 aromatic carbocycles. The summed E-state index contributed by atoms with van der Waals surface area (Å²) in [5.74, 6) is -1.05. The van der Waals surface area contributed by atoms with Gasteiger partial charge in [0.2, 0.25) is 11.8 Å². The van der Waals surface area contributed by atoms with E-state index in [0.29, 0.717) is 12.2 Å². The second kappa shape index (κ2) is 20.0. The van der Waals surface area contributed by atoms with Crippen molar-refractivity contribution in [3.05, 3.63) is 12.7 Å². The van der Waals surface area contributed by atoms with Gasteiger partial charge in [-0.2, -0.15) is 4.31 Å². The number of thioether (sulfide) groups is 1. The number of phosphoric acid groups is 3. The SMILES string of the molecule is CCCCCC(=O)SCCNC(=O)CCNC(=O)C(O)C(C)(C)COP(=O)(O)OP(=O)(O)OCC1OC(C)(n2cnc3c(N)ncnc32)C(O)C1OP(=O)(O)O. The predicted octanol–water partition coefficient (Wildman–Crippen LogP) is 0.419. The van der Waals surface area contributed by atoms with Crippen LogP contribution < -0.4 is 16.4 Å². The summed E-state index contributed by atoms with van der Waals surface area (Å²) in [5, 5.41) is 26.7. The number of nitrogens with two attached hydrogens (primary N) is 1. The number of carbonyl (C=O) groups is 3. The van der Waals surface area contributed by atoms with Crippen LogP contribution in [0.4, 0.5) is 5.82 Å². The van der Waals surface area contributed by atoms with E-state index in [1.165, 1.54) is 20.8 Å². The lowest BCUT2D eigenvalue weighted by molar-refractivity contribution is -0.137. The highest BCUT2D eigenvalue weighted by molar-refractivity contribution is 8.13. The van der Waals surface area contributed by atoms with E-state index in [-0.39, 0.29) is 41.6 Å². The van der Waals surface area contributed by atoms with Crippen molar-refractivity contribution in [2.45, 2.75) is 89.9 Å². The minimum absolute atomic E-state index is 0.0205. The van der Waals surface area contributed by atoms with Gasteiger partial charge in [-0.3, -0.25) is 32.5 Å². The molecule has 3 heterocycles. The standard InChI is InChI=1S/C28H48N7O17P3S/c1-5-6-7-8-19(37)56-12-11-30-18(36)9-10-31-26(40)23(39)27(2,3)14-49-55(46,47)52-54(44,45)48-13-17-21(51-53(41,42)43)22(38)28(4,50-17)35-16-34-20-24(29)32-15-33-25(20)35/h15-17,21-23,38-39H,5-14H2,1-4H3,(H,30,36)(H,31,40)(H,44,45)(H,46,47)(H2,29,32,33)(H2,41,42,43). The topological polar surface area (TPSA) is 364 Å². The molecule has 2 aromatic heterocycles. The average Bonchev–Trinajstić information content (AvgIpc) is 3.64. The first kappa shape index (κ1) is 47.9. The lowest BCUT2D eigenvalue weighted by Crippen LogP contribution is -2.46. The number of carbonyl (C=O) groups excluding carboxylic acids is 3. The molecular formula is C28H48N7O17P3S. The molecule has 28 heteroatoms. The molecule has 3 rings (SSSR count). The Morgan fingerprint density at radius 2 is 1.73 bits per heavy atom. The van der Waals surface area contributed by atoms with Crippen LogP contribution in [0.15, 0.2) is 12.7 Å². The van der Waals surface area contributed by atoms with Crippen LogP contribution >= 0.6 is 35.2 Å². The van der Waals surface area contributed by atoms with E-state index in [9.17, 15) is 57.9 Å². The predicted molar refractivity (Wildman–Crippen MR) is 196 cm³/mol. The van der Waals surface area contributed by atoms with E-state index in [4.69, 9.17) is 24.0 Å². The number of unbranched alkanes of at least 4 members (excludes halogenated alkanes) is 2. The number of rotatable bonds is 23. The molecule has 2 amide bonds. The summed E-state index contributed by atoms with van der Waals surface area (Å²) >= 11 is 1.12. The molecule has 7 atom stereocenters. The number of imidazole rings is 1. The normalized spacial score (nSPS) is 23.0. The Bertz CT molecular complexity index is 1830. The van der Waals surface area contributed by atoms with Crippen molar-refractivity contribution in [2.24, 2.45) is 5.41 Å². The summed E-state index contributed by atoms with van der Waals surface area (Å²) in [6.07, 6.45) is -2.22. The maximum Gasteiger partial charge on any atom is 0.481 e. The quantitative estimate of drug-likeness (QED) is 0.0539. The fourth-order valence-electron chi connectivity index (χ4n) is 5.20. The number of amides is 2. The molecule has 1 aliphatic heterocycles. The largest absolute Gasteiger partial charge is 0.481 e. The second-order valence-corrected chi connectivity index (χ2v) is 18.7. The molecule has 0 radical (unpaired) electrons. The number of hydrogen-bond acceptors (Lipinski definition) is 18. The number of aromatic nitrogens is 4. The molecule has 0 aliphatic carbocycles. The van der Waals surface area contributed by atoms with Gasteiger partial charge in [0, 0.05) is 37.1 Å². The van der Waals surface area contributed by atoms with Gasteiger partial charge in [0.15, 0.2) is 22.3 Å². The summed E-state index contributed by atoms with van der Waals surface area (Å²) in [5.41, 5.74) is 2.32. The van der Waals surface area contributed by atoms with Crippen LogP contribution in [-0.2, 0) is 56.4 Å². The van der Waals surface area contributed by atoms with E-state index < -0.39 is 84.1 Å². The lowest BCUT2D eigenvalue weighted by atomic mass is 9.87. The lowest BCUT2D eigenvalue weighted by Gasteiger charge is -2.30. The third-order valence-corrected chi connectivity index (χ3v) is 12.3. The van der Waals surface area contributed by atoms with Gasteiger partial charge in [-0.05, 0) is 13.3 Å². The molecule has 7 unspecified atom stereocenters. The molecule has 0 saturated carbocycles. The first-order valence-corrected chi connectivity index (χ1v) is 22.5. The Hall–Kier alpha value is -2.44. The van der Waals surface area contributed by atoms with Crippen molar-refractivity contribution in [1.29, 1.82) is 0 Å². The molecule has 56 heavy (non-hydrogen) atoms. The molecule has 1 fully saturated rings. The van der Waals surface area contributed by atoms with Crippen LogP contribution in [0.5, 0.6) is 0 Å². The molecule has 10 N–H and O–H groups in total. The van der Waals surface area contributed by atoms with E-state index in [1.807, 2.05) is 6.92 Å². The molecule has 1 aliphatic rings. The molecular weight excluding hydrogens is 831 g/mol. The number of hydrogen-bond donors (Lipinski definition) is 9. The van der Waals surface area contributed by atoms with Crippen molar-refractivity contribution < 1.29 is 80.5 Å². The Balaban J connectivity index is 1.51. The Labute approximate surface area is 325 Å². The van der Waals surface area contributed by atoms with Gasteiger partial charge in [0.1, 0.15) is 36.3 Å². The number of aliphatic hydroxyl groups is 2. The molecule has 1 saturated heterocycles. The number of nitrogens with zero attached hydrogens (tertiary/aromatic N) is 4. The van der Waals surface area contributed by atoms with Gasteiger partial charge in [0.25, 0.3) is 0 Å². The van der Waals surface area contributed by atoms with Gasteiger partial charge >= 0.3 is 23.5 Å². The van der Waals surface area contributed by atoms with Crippen LogP contribution in [0.1, 0.15) is 59.8 Å². The minimum Gasteiger partial charge on any atom is -0.385 e. The molecule has 2 aromatic rings. The Morgan fingerprint density at radius 1 is 1.05 bits per heavy atom. The van der Waals surface area contributed by atoms with Crippen LogP contribution in [0.25, 0.3) is 11.2 Å². The third kappa shape index (κ3) is 13.8. The van der Waals surface area contributed by atoms with Crippen molar-refractivity contribution in [3.63, 3.8) is 0 Å². The Morgan fingerprint density at radius 3 is 2.39 bits per heavy atom. The number of ether oxygens (including phenoxy) is 1. The number of nitrogen functional groups attached to an aromatic ring is 1. The average molecular weight is 880 g/mol. The first-order valence-electron chi connectivity index (χ1n) is 17.0. The van der Waals surface area contributed by atoms with Crippen molar-refractivity contribution >= 4 is 69.1 Å². The fourth-order valence-corrected chi connectivity index (χ4v) is 8.74. The summed E-state index contributed by atoms with van der Waals surface area (Å²) in [7, 11) is -16.4. The van der Waals surface area contributed by atoms with Crippen molar-refractivity contribution in [1.82, 2.24) is 30.2 Å². The summed E-state index contributed by atoms with van der Waals surface area (Å²) in [6.45, 7) is 3.81. The molecule has 0 bridgehead atoms. The third-order valence-electron chi connectivity index (χ3n) is 8.24. The van der Waals surface area contributed by atoms with Crippen LogP contribution in [-0.4, -0.2) is 123 Å². The van der Waals surface area contributed by atoms with Gasteiger partial charge in [-0.1, -0.05) is 45.4 Å². The van der Waals surface area contributed by atoms with Crippen molar-refractivity contribution in [3.8, 4) is 0 Å². The highest BCUT2D eigenvalue weighted by Crippen LogP contribution is 2.61. The minimum atomic E-state index is -5.59. The van der Waals surface area contributed by atoms with Crippen LogP contribution in [0.2, 0.25) is 0 Å². The van der Waals surface area contributed by atoms with E-state index in [2.05, 4.69) is 29.9 Å². The number of anilines is 1. The number of fused-ring (bicyclic) bond motifs is 1. The van der Waals surface area contributed by atoms with Crippen LogP contribution in [0.3, 0.4) is 0 Å². The van der Waals surface area contributed by atoms with Gasteiger partial charge in [-0.15, -0.1) is 0 Å². The van der Waals surface area contributed by atoms with E-state index >= 15 is 0 Å². The summed E-state index contributed by atoms with van der Waals surface area (Å²) in [4.78, 5) is 87.7. The zero-order valence-electron chi connectivity index (χ0n) is 30.8. The highest BCUT2D eigenvalue weighted by Gasteiger charge is 2.57. The monoisotopic (exact) mass is 879 g/mol. The zero-order valence-corrected chi connectivity index (χ0v) is 34.3. The zero-order chi connectivity index (χ0) is 42.1. The van der Waals surface area contributed by atoms with Crippen LogP contribution in [0, 0.1) is 5.41 Å². The summed E-state index contributed by atoms with van der Waals surface area (Å²) < 4.78 is 62.6. The molecule has 24 nitrogen and oxygen atoms in total. The maximum atomic E-state index is 12.7. The highest BCUT2D eigenvalue weighted by atomic mass is 32.2. The number of aliphatic hydroxyl groups excluding tert-OH is 2. The number of nitrogens with one attached hydrogen (secondary N) is 2. The second-order valence-electron chi connectivity index (χ2n) is 13.3. The van der Waals surface area contributed by atoms with Gasteiger partial charge in [0.05, 0.1) is 19.5 Å². The molecule has 0 spiro atoms. The molecule has 318 valence electrons. The maximum absolute atomic E-state index is 12.7. The van der Waals surface area contributed by atoms with E-state index in [1.54, 1.807) is 0 Å². The van der Waals surface area contributed by atoms with Crippen molar-refractivity contribution in [2.75, 3.05) is 37.8 Å².